The van der Waals surface area contributed by atoms with E-state index >= 15 is 0 Å². The molecule has 4 heteroatoms. The van der Waals surface area contributed by atoms with E-state index in [4.69, 9.17) is 9.97 Å². The maximum Gasteiger partial charge on any atom is 0.165 e. The minimum absolute atomic E-state index is 0.824. The van der Waals surface area contributed by atoms with E-state index in [0.29, 0.717) is 0 Å². The normalized spacial score (nSPS) is 12.2. The minimum atomic E-state index is 0.824. The molecule has 3 heterocycles. The number of nitrogens with zero attached hydrogens (tertiary/aromatic N) is 4. The summed E-state index contributed by atoms with van der Waals surface area (Å²) in [6.45, 7) is 0. The summed E-state index contributed by atoms with van der Waals surface area (Å²) in [4.78, 5) is 11.0. The van der Waals surface area contributed by atoms with Crippen LogP contribution in [0.25, 0.3) is 110 Å². The SMILES string of the molecule is c1ccc(-c2nc3c(ccc4ccccc43)nc2-n2c3cccc4c5ccccc5c5cccc6c5c5c(c43)c2ccc5n6-c2ccccc2)cc1. The van der Waals surface area contributed by atoms with Gasteiger partial charge in [0.1, 0.15) is 5.69 Å². The Balaban J connectivity index is 1.34. The molecule has 0 fully saturated rings. The highest BCUT2D eigenvalue weighted by Crippen LogP contribution is 2.48. The van der Waals surface area contributed by atoms with Crippen molar-refractivity contribution in [3.05, 3.63) is 170 Å². The average molecular weight is 661 g/mol. The molecule has 0 bridgehead atoms. The van der Waals surface area contributed by atoms with E-state index in [0.717, 1.165) is 55.6 Å². The van der Waals surface area contributed by atoms with Gasteiger partial charge in [0, 0.05) is 38.2 Å². The third-order valence-corrected chi connectivity index (χ3v) is 11.0. The Labute approximate surface area is 297 Å². The molecule has 0 N–H and O–H groups in total. The van der Waals surface area contributed by atoms with Gasteiger partial charge in [-0.05, 0) is 69.4 Å². The standard InChI is InChI=1S/C48H28N4/c1-3-14-30(15-4-1)46-48(49-37-26-25-29-13-7-8-18-32(29)47(37)50-46)52-39-24-12-22-36-34-20-10-9-19-33(34)35-21-11-23-38-42(35)44-40(27-28-41(52)45(44)43(36)39)51(38)31-16-5-2-6-17-31/h1-28H. The van der Waals surface area contributed by atoms with Crippen LogP contribution in [0.3, 0.4) is 0 Å². The summed E-state index contributed by atoms with van der Waals surface area (Å²) in [5, 5.41) is 12.2. The van der Waals surface area contributed by atoms with Crippen LogP contribution < -0.4 is 0 Å². The highest BCUT2D eigenvalue weighted by Gasteiger charge is 2.26. The van der Waals surface area contributed by atoms with Crippen LogP contribution >= 0.6 is 0 Å². The summed E-state index contributed by atoms with van der Waals surface area (Å²) >= 11 is 0. The molecule has 0 atom stereocenters. The van der Waals surface area contributed by atoms with Crippen molar-refractivity contribution in [1.82, 2.24) is 19.1 Å². The highest BCUT2D eigenvalue weighted by molar-refractivity contribution is 6.39. The first-order valence-corrected chi connectivity index (χ1v) is 17.8. The Morgan fingerprint density at radius 3 is 1.58 bits per heavy atom. The van der Waals surface area contributed by atoms with Crippen molar-refractivity contribution < 1.29 is 0 Å². The summed E-state index contributed by atoms with van der Waals surface area (Å²) in [6, 6.07) is 61.0. The molecule has 0 amide bonds. The molecule has 0 radical (unpaired) electrons. The minimum Gasteiger partial charge on any atom is -0.309 e. The third kappa shape index (κ3) is 3.60. The number of benzene rings is 8. The molecular weight excluding hydrogens is 633 g/mol. The largest absolute Gasteiger partial charge is 0.309 e. The Hall–Kier alpha value is -7.04. The Bertz CT molecular complexity index is 3390. The van der Waals surface area contributed by atoms with Gasteiger partial charge in [-0.25, -0.2) is 9.97 Å². The first kappa shape index (κ1) is 27.7. The first-order valence-electron chi connectivity index (χ1n) is 17.8. The molecule has 0 aliphatic rings. The van der Waals surface area contributed by atoms with E-state index < -0.39 is 0 Å². The van der Waals surface area contributed by atoms with E-state index in [2.05, 4.69) is 179 Å². The summed E-state index contributed by atoms with van der Waals surface area (Å²) in [6.07, 6.45) is 0. The molecular formula is C48H28N4. The van der Waals surface area contributed by atoms with Gasteiger partial charge in [-0.2, -0.15) is 0 Å². The smallest absolute Gasteiger partial charge is 0.165 e. The lowest BCUT2D eigenvalue weighted by Gasteiger charge is -2.15. The van der Waals surface area contributed by atoms with Gasteiger partial charge in [-0.1, -0.05) is 127 Å². The van der Waals surface area contributed by atoms with E-state index in [1.54, 1.807) is 0 Å². The van der Waals surface area contributed by atoms with Crippen LogP contribution in [0.1, 0.15) is 0 Å². The predicted molar refractivity (Wildman–Crippen MR) is 217 cm³/mol. The van der Waals surface area contributed by atoms with Crippen LogP contribution in [0.15, 0.2) is 170 Å². The fourth-order valence-electron chi connectivity index (χ4n) is 8.91. The van der Waals surface area contributed by atoms with Crippen LogP contribution in [0.2, 0.25) is 0 Å². The van der Waals surface area contributed by atoms with Crippen LogP contribution in [0.4, 0.5) is 0 Å². The molecule has 240 valence electrons. The fourth-order valence-corrected chi connectivity index (χ4v) is 8.91. The predicted octanol–water partition coefficient (Wildman–Crippen LogP) is 12.4. The zero-order valence-corrected chi connectivity index (χ0v) is 28.0. The number of hydrogen-bond donors (Lipinski definition) is 0. The molecule has 0 saturated heterocycles. The van der Waals surface area contributed by atoms with Crippen molar-refractivity contribution in [2.75, 3.05) is 0 Å². The van der Waals surface area contributed by atoms with Crippen molar-refractivity contribution in [3.8, 4) is 22.8 Å². The van der Waals surface area contributed by atoms with Crippen LogP contribution in [-0.2, 0) is 0 Å². The van der Waals surface area contributed by atoms with E-state index in [1.165, 1.54) is 54.1 Å². The number of rotatable bonds is 3. The van der Waals surface area contributed by atoms with Crippen LogP contribution in [-0.4, -0.2) is 19.1 Å². The van der Waals surface area contributed by atoms with Gasteiger partial charge in [-0.15, -0.1) is 0 Å². The quantitative estimate of drug-likeness (QED) is 0.177. The fraction of sp³-hybridized carbons (Fsp3) is 0. The molecule has 9 aromatic carbocycles. The molecule has 4 nitrogen and oxygen atoms in total. The number of para-hydroxylation sites is 1. The summed E-state index contributed by atoms with van der Waals surface area (Å²) < 4.78 is 4.81. The molecule has 0 spiro atoms. The maximum atomic E-state index is 5.55. The second-order valence-corrected chi connectivity index (χ2v) is 13.7. The summed E-state index contributed by atoms with van der Waals surface area (Å²) in [5.74, 6) is 0.824. The van der Waals surface area contributed by atoms with Crippen LogP contribution in [0, 0.1) is 0 Å². The van der Waals surface area contributed by atoms with Gasteiger partial charge in [0.05, 0.1) is 33.1 Å². The lowest BCUT2D eigenvalue weighted by Crippen LogP contribution is -2.04. The summed E-state index contributed by atoms with van der Waals surface area (Å²) in [5.41, 5.74) is 9.43. The molecule has 0 saturated carbocycles. The van der Waals surface area contributed by atoms with Gasteiger partial charge in [0.25, 0.3) is 0 Å². The molecule has 0 aliphatic heterocycles. The molecule has 12 rings (SSSR count). The zero-order valence-electron chi connectivity index (χ0n) is 28.0. The van der Waals surface area contributed by atoms with E-state index in [1.807, 2.05) is 0 Å². The lowest BCUT2D eigenvalue weighted by molar-refractivity contribution is 1.08. The zero-order chi connectivity index (χ0) is 33.9. The number of aromatic nitrogens is 4. The monoisotopic (exact) mass is 660 g/mol. The van der Waals surface area contributed by atoms with Crippen molar-refractivity contribution >= 4 is 87.0 Å². The summed E-state index contributed by atoms with van der Waals surface area (Å²) in [7, 11) is 0. The average Bonchev–Trinajstić information content (AvgIpc) is 3.73. The van der Waals surface area contributed by atoms with Crippen molar-refractivity contribution in [3.63, 3.8) is 0 Å². The van der Waals surface area contributed by atoms with Crippen molar-refractivity contribution in [2.45, 2.75) is 0 Å². The molecule has 52 heavy (non-hydrogen) atoms. The highest BCUT2D eigenvalue weighted by atomic mass is 15.1. The molecule has 0 unspecified atom stereocenters. The lowest BCUT2D eigenvalue weighted by atomic mass is 9.95. The van der Waals surface area contributed by atoms with Gasteiger partial charge >= 0.3 is 0 Å². The second kappa shape index (κ2) is 10.3. The van der Waals surface area contributed by atoms with E-state index in [-0.39, 0.29) is 0 Å². The van der Waals surface area contributed by atoms with Gasteiger partial charge < -0.3 is 4.57 Å². The molecule has 3 aromatic heterocycles. The number of hydrogen-bond acceptors (Lipinski definition) is 2. The first-order chi connectivity index (χ1) is 25.8. The second-order valence-electron chi connectivity index (χ2n) is 13.7. The van der Waals surface area contributed by atoms with Gasteiger partial charge in [-0.3, -0.25) is 4.57 Å². The van der Waals surface area contributed by atoms with Crippen molar-refractivity contribution in [1.29, 1.82) is 0 Å². The Morgan fingerprint density at radius 2 is 0.885 bits per heavy atom. The van der Waals surface area contributed by atoms with E-state index in [9.17, 15) is 0 Å². The van der Waals surface area contributed by atoms with Crippen LogP contribution in [0.5, 0.6) is 0 Å². The van der Waals surface area contributed by atoms with Gasteiger partial charge in [0.15, 0.2) is 5.82 Å². The Kier molecular flexibility index (Phi) is 5.47. The number of fused-ring (bicyclic) bond motifs is 6. The molecule has 12 aromatic rings. The maximum absolute atomic E-state index is 5.55. The van der Waals surface area contributed by atoms with Gasteiger partial charge in [0.2, 0.25) is 0 Å². The third-order valence-electron chi connectivity index (χ3n) is 11.0. The molecule has 0 aliphatic carbocycles. The topological polar surface area (TPSA) is 35.6 Å². The Morgan fingerprint density at radius 1 is 0.346 bits per heavy atom. The van der Waals surface area contributed by atoms with Crippen molar-refractivity contribution in [2.24, 2.45) is 0 Å².